The van der Waals surface area contributed by atoms with Gasteiger partial charge in [-0.05, 0) is 106 Å². The van der Waals surface area contributed by atoms with Gasteiger partial charge < -0.3 is 78.7 Å². The monoisotopic (exact) mass is 868 g/mol. The molecule has 61 heavy (non-hydrogen) atoms. The van der Waals surface area contributed by atoms with Crippen LogP contribution in [0.1, 0.15) is 99.3 Å². The van der Waals surface area contributed by atoms with Gasteiger partial charge in [0.15, 0.2) is 24.7 Å². The summed E-state index contributed by atoms with van der Waals surface area (Å²) in [6.45, 7) is 12.7. The van der Waals surface area contributed by atoms with Gasteiger partial charge in [-0.2, -0.15) is 0 Å². The minimum absolute atomic E-state index is 0.0171. The highest BCUT2D eigenvalue weighted by Crippen LogP contribution is 2.70. The molecule has 0 aromatic carbocycles. The second-order valence-electron chi connectivity index (χ2n) is 21.1. The van der Waals surface area contributed by atoms with Crippen LogP contribution in [0.2, 0.25) is 0 Å². The number of hydrogen-bond donors (Lipinski definition) is 8. The molecule has 5 heterocycles. The Kier molecular flexibility index (Phi) is 12.4. The average Bonchev–Trinajstić information content (AvgIpc) is 3.69. The highest BCUT2D eigenvalue weighted by molar-refractivity contribution is 5.26. The Labute approximate surface area is 358 Å². The standard InChI is InChI=1S/C45H72O16/c1-19-9-14-45(54-18-19)20(2)30-28(61-45)16-27-25-8-7-23-15-24(10-12-43(23,5)26(25)11-13-44(27,30)6)57-42-39(60-41-36(52)34(50)32(48)22(4)56-41)37(53)38(29(17-46)58-42)59-40-35(51)33(49)31(47)21(3)55-40/h7,19-22,24-42,46-53H,8-18H2,1-6H3/t19-,20+,21+,22+,24+,25-,26+,27+,28+,29-,30+,31+,32+,33-,34-,35-,36-,37+,38-,39-,40+,41+,42-,43+,44+,45+/m1/s1. The lowest BCUT2D eigenvalue weighted by Crippen LogP contribution is -2.66. The lowest BCUT2D eigenvalue weighted by Gasteiger charge is -2.58. The van der Waals surface area contributed by atoms with Gasteiger partial charge in [-0.1, -0.05) is 39.3 Å². The third-order valence-corrected chi connectivity index (χ3v) is 17.6. The van der Waals surface area contributed by atoms with Crippen LogP contribution in [0.25, 0.3) is 0 Å². The zero-order valence-electron chi connectivity index (χ0n) is 36.5. The van der Waals surface area contributed by atoms with Gasteiger partial charge in [0, 0.05) is 12.3 Å². The van der Waals surface area contributed by atoms with E-state index in [-0.39, 0.29) is 23.0 Å². The van der Waals surface area contributed by atoms with Crippen LogP contribution < -0.4 is 0 Å². The maximum absolute atomic E-state index is 12.0. The van der Waals surface area contributed by atoms with Crippen LogP contribution in [-0.4, -0.2) is 164 Å². The molecule has 1 spiro atoms. The quantitative estimate of drug-likeness (QED) is 0.168. The van der Waals surface area contributed by atoms with E-state index in [1.165, 1.54) is 25.8 Å². The highest BCUT2D eigenvalue weighted by atomic mass is 16.8. The first kappa shape index (κ1) is 45.3. The molecule has 9 aliphatic rings. The molecular weight excluding hydrogens is 796 g/mol. The van der Waals surface area contributed by atoms with Crippen LogP contribution in [0, 0.1) is 46.3 Å². The van der Waals surface area contributed by atoms with Crippen LogP contribution in [0.3, 0.4) is 0 Å². The molecule has 8 N–H and O–H groups in total. The smallest absolute Gasteiger partial charge is 0.187 e. The average molecular weight is 869 g/mol. The van der Waals surface area contributed by atoms with Crippen LogP contribution in [-0.2, 0) is 37.9 Å². The van der Waals surface area contributed by atoms with Crippen LogP contribution in [0.15, 0.2) is 11.6 Å². The molecule has 3 saturated carbocycles. The molecule has 9 rings (SSSR count). The van der Waals surface area contributed by atoms with Crippen molar-refractivity contribution in [1.82, 2.24) is 0 Å². The fraction of sp³-hybridized carbons (Fsp3) is 0.956. The van der Waals surface area contributed by atoms with Crippen molar-refractivity contribution in [2.45, 2.75) is 209 Å². The molecule has 0 aromatic heterocycles. The minimum Gasteiger partial charge on any atom is -0.394 e. The van der Waals surface area contributed by atoms with Crippen LogP contribution in [0.5, 0.6) is 0 Å². The molecule has 0 amide bonds. The molecular formula is C45H72O16. The van der Waals surface area contributed by atoms with E-state index in [2.05, 4.69) is 33.8 Å². The van der Waals surface area contributed by atoms with Crippen LogP contribution >= 0.6 is 0 Å². The molecule has 0 aromatic rings. The molecule has 5 aliphatic heterocycles. The van der Waals surface area contributed by atoms with E-state index in [1.807, 2.05) is 0 Å². The Hall–Kier alpha value is -0.900. The normalized spacial score (nSPS) is 58.4. The molecule has 16 heteroatoms. The van der Waals surface area contributed by atoms with Gasteiger partial charge in [-0.25, -0.2) is 0 Å². The molecule has 4 aliphatic carbocycles. The maximum Gasteiger partial charge on any atom is 0.187 e. The Balaban J connectivity index is 0.916. The van der Waals surface area contributed by atoms with Gasteiger partial charge in [-0.15, -0.1) is 0 Å². The number of aliphatic hydroxyl groups excluding tert-OH is 8. The number of hydrogen-bond acceptors (Lipinski definition) is 16. The number of ether oxygens (including phenoxy) is 8. The van der Waals surface area contributed by atoms with E-state index >= 15 is 0 Å². The summed E-state index contributed by atoms with van der Waals surface area (Å²) in [4.78, 5) is 0. The summed E-state index contributed by atoms with van der Waals surface area (Å²) in [5, 5.41) is 85.9. The summed E-state index contributed by atoms with van der Waals surface area (Å²) in [6, 6.07) is 0. The Morgan fingerprint density at radius 2 is 1.34 bits per heavy atom. The summed E-state index contributed by atoms with van der Waals surface area (Å²) in [7, 11) is 0. The molecule has 8 fully saturated rings. The van der Waals surface area contributed by atoms with E-state index < -0.39 is 105 Å². The highest BCUT2D eigenvalue weighted by Gasteiger charge is 2.69. The second-order valence-corrected chi connectivity index (χ2v) is 21.1. The molecule has 5 saturated heterocycles. The second kappa shape index (κ2) is 16.8. The van der Waals surface area contributed by atoms with E-state index in [9.17, 15) is 40.9 Å². The molecule has 0 radical (unpaired) electrons. The summed E-state index contributed by atoms with van der Waals surface area (Å²) in [6.07, 6.45) is -10.4. The zero-order chi connectivity index (χ0) is 43.5. The van der Waals surface area contributed by atoms with Gasteiger partial charge in [0.1, 0.15) is 61.0 Å². The Morgan fingerprint density at radius 1 is 0.689 bits per heavy atom. The van der Waals surface area contributed by atoms with Crippen molar-refractivity contribution < 1.29 is 78.7 Å². The van der Waals surface area contributed by atoms with E-state index in [4.69, 9.17) is 37.9 Å². The van der Waals surface area contributed by atoms with Gasteiger partial charge in [0.25, 0.3) is 0 Å². The van der Waals surface area contributed by atoms with Crippen molar-refractivity contribution in [1.29, 1.82) is 0 Å². The fourth-order valence-corrected chi connectivity index (χ4v) is 14.0. The first-order valence-electron chi connectivity index (χ1n) is 23.2. The fourth-order valence-electron chi connectivity index (χ4n) is 14.0. The van der Waals surface area contributed by atoms with Crippen molar-refractivity contribution in [3.8, 4) is 0 Å². The Bertz CT molecular complexity index is 1590. The molecule has 0 unspecified atom stereocenters. The minimum atomic E-state index is -1.71. The van der Waals surface area contributed by atoms with E-state index in [0.717, 1.165) is 45.1 Å². The number of rotatable bonds is 7. The molecule has 0 bridgehead atoms. The molecule has 26 atom stereocenters. The summed E-state index contributed by atoms with van der Waals surface area (Å²) in [5.41, 5.74) is 1.53. The predicted molar refractivity (Wildman–Crippen MR) is 213 cm³/mol. The molecule has 16 nitrogen and oxygen atoms in total. The van der Waals surface area contributed by atoms with Crippen molar-refractivity contribution in [2.24, 2.45) is 46.3 Å². The first-order valence-corrected chi connectivity index (χ1v) is 23.2. The SMILES string of the molecule is C[C@@H]1CC[C@]2(OC1)O[C@H]1C[C@H]3[C@@H]4CC=C5C[C@@H](O[C@@H]6O[C@H](CO)[C@@H](O[C@@H]7O[C@@H](C)[C@H](O)[C@@H](O)[C@H]7O)[C@H](O)[C@H]6O[C@@H]6O[C@@H](C)[C@H](O)[C@@H](O)[C@H]6O)CC[C@]5(C)[C@H]4CC[C@]3(C)[C@H]1[C@@H]2C. The number of allylic oxidation sites excluding steroid dienone is 1. The Morgan fingerprint density at radius 3 is 1.97 bits per heavy atom. The van der Waals surface area contributed by atoms with Gasteiger partial charge in [0.2, 0.25) is 0 Å². The van der Waals surface area contributed by atoms with Crippen LogP contribution in [0.4, 0.5) is 0 Å². The van der Waals surface area contributed by atoms with Gasteiger partial charge in [0.05, 0.1) is 37.6 Å². The lowest BCUT2D eigenvalue weighted by atomic mass is 9.47. The maximum atomic E-state index is 12.0. The van der Waals surface area contributed by atoms with Gasteiger partial charge >= 0.3 is 0 Å². The van der Waals surface area contributed by atoms with Crippen molar-refractivity contribution in [3.05, 3.63) is 11.6 Å². The summed E-state index contributed by atoms with van der Waals surface area (Å²) in [5.74, 6) is 2.64. The van der Waals surface area contributed by atoms with E-state index in [1.54, 1.807) is 0 Å². The lowest BCUT2D eigenvalue weighted by molar-refractivity contribution is -0.388. The number of aliphatic hydroxyl groups is 8. The van der Waals surface area contributed by atoms with Gasteiger partial charge in [-0.3, -0.25) is 0 Å². The third kappa shape index (κ3) is 7.42. The molecule has 348 valence electrons. The van der Waals surface area contributed by atoms with Crippen molar-refractivity contribution in [2.75, 3.05) is 13.2 Å². The first-order chi connectivity index (χ1) is 28.9. The summed E-state index contributed by atoms with van der Waals surface area (Å²) < 4.78 is 50.1. The largest absolute Gasteiger partial charge is 0.394 e. The number of fused-ring (bicyclic) bond motifs is 7. The zero-order valence-corrected chi connectivity index (χ0v) is 36.5. The topological polar surface area (TPSA) is 236 Å². The van der Waals surface area contributed by atoms with Crippen molar-refractivity contribution >= 4 is 0 Å². The predicted octanol–water partition coefficient (Wildman–Crippen LogP) is 1.24. The third-order valence-electron chi connectivity index (χ3n) is 17.6. The summed E-state index contributed by atoms with van der Waals surface area (Å²) >= 11 is 0. The van der Waals surface area contributed by atoms with E-state index in [0.29, 0.717) is 48.3 Å². The van der Waals surface area contributed by atoms with Crippen molar-refractivity contribution in [3.63, 3.8) is 0 Å².